The van der Waals surface area contributed by atoms with Gasteiger partial charge in [-0.05, 0) is 50.4 Å². The summed E-state index contributed by atoms with van der Waals surface area (Å²) in [5.74, 6) is 1.01. The van der Waals surface area contributed by atoms with Gasteiger partial charge in [0.1, 0.15) is 0 Å². The molecule has 4 nitrogen and oxygen atoms in total. The molecule has 0 saturated heterocycles. The van der Waals surface area contributed by atoms with Crippen molar-refractivity contribution >= 4 is 11.9 Å². The number of ether oxygens (including phenoxy) is 2. The fourth-order valence-electron chi connectivity index (χ4n) is 4.22. The lowest BCUT2D eigenvalue weighted by atomic mass is 9.81. The van der Waals surface area contributed by atoms with Gasteiger partial charge in [-0.1, -0.05) is 79.1 Å². The van der Waals surface area contributed by atoms with Crippen LogP contribution in [0.5, 0.6) is 0 Å². The fraction of sp³-hybridized carbons (Fsp3) is 0.923. The van der Waals surface area contributed by atoms with Crippen molar-refractivity contribution in [2.45, 2.75) is 118 Å². The highest BCUT2D eigenvalue weighted by molar-refractivity contribution is 5.76. The Bertz CT molecular complexity index is 458. The van der Waals surface area contributed by atoms with Gasteiger partial charge in [0.15, 0.2) is 0 Å². The molecule has 1 rings (SSSR count). The second-order valence-electron chi connectivity index (χ2n) is 10.1. The van der Waals surface area contributed by atoms with Gasteiger partial charge in [0.2, 0.25) is 0 Å². The van der Waals surface area contributed by atoms with Crippen LogP contribution in [0.2, 0.25) is 0 Å². The van der Waals surface area contributed by atoms with E-state index in [1.165, 1.54) is 38.5 Å². The van der Waals surface area contributed by atoms with E-state index in [1.54, 1.807) is 0 Å². The highest BCUT2D eigenvalue weighted by Gasteiger charge is 2.32. The van der Waals surface area contributed by atoms with Crippen LogP contribution in [0.25, 0.3) is 0 Å². The van der Waals surface area contributed by atoms with Crippen molar-refractivity contribution in [1.29, 1.82) is 0 Å². The van der Waals surface area contributed by atoms with Crippen LogP contribution in [0.4, 0.5) is 0 Å². The van der Waals surface area contributed by atoms with Gasteiger partial charge >= 0.3 is 11.9 Å². The van der Waals surface area contributed by atoms with E-state index in [1.807, 2.05) is 0 Å². The summed E-state index contributed by atoms with van der Waals surface area (Å²) in [6, 6.07) is 0. The molecule has 0 aliphatic heterocycles. The predicted octanol–water partition coefficient (Wildman–Crippen LogP) is 7.09. The molecule has 1 aliphatic rings. The molecule has 0 radical (unpaired) electrons. The summed E-state index contributed by atoms with van der Waals surface area (Å²) >= 11 is 0. The Kier molecular flexibility index (Phi) is 14.9. The molecule has 0 N–H and O–H groups in total. The molecular weight excluding hydrogens is 376 g/mol. The Morgan fingerprint density at radius 3 is 1.57 bits per heavy atom. The van der Waals surface area contributed by atoms with Crippen molar-refractivity contribution in [1.82, 2.24) is 0 Å². The molecule has 0 heterocycles. The van der Waals surface area contributed by atoms with Gasteiger partial charge in [0.05, 0.1) is 25.0 Å². The molecule has 0 aromatic carbocycles. The summed E-state index contributed by atoms with van der Waals surface area (Å²) in [5.41, 5.74) is 0. The van der Waals surface area contributed by atoms with Crippen molar-refractivity contribution in [2.75, 3.05) is 13.2 Å². The highest BCUT2D eigenvalue weighted by atomic mass is 16.5. The van der Waals surface area contributed by atoms with Gasteiger partial charge in [-0.2, -0.15) is 0 Å². The fourth-order valence-corrected chi connectivity index (χ4v) is 4.22. The molecule has 176 valence electrons. The lowest BCUT2D eigenvalue weighted by Gasteiger charge is -2.26. The van der Waals surface area contributed by atoms with Gasteiger partial charge < -0.3 is 9.47 Å². The minimum Gasteiger partial charge on any atom is -0.465 e. The Labute approximate surface area is 185 Å². The summed E-state index contributed by atoms with van der Waals surface area (Å²) in [7, 11) is 0. The molecule has 1 saturated carbocycles. The van der Waals surface area contributed by atoms with Crippen molar-refractivity contribution in [3.63, 3.8) is 0 Å². The van der Waals surface area contributed by atoms with Crippen molar-refractivity contribution in [3.05, 3.63) is 0 Å². The van der Waals surface area contributed by atoms with Gasteiger partial charge in [-0.25, -0.2) is 0 Å². The van der Waals surface area contributed by atoms with Crippen molar-refractivity contribution in [2.24, 2.45) is 23.7 Å². The topological polar surface area (TPSA) is 52.6 Å². The Morgan fingerprint density at radius 1 is 0.667 bits per heavy atom. The lowest BCUT2D eigenvalue weighted by Crippen LogP contribution is -2.30. The summed E-state index contributed by atoms with van der Waals surface area (Å²) in [6.07, 6.45) is 14.9. The van der Waals surface area contributed by atoms with Crippen LogP contribution in [-0.4, -0.2) is 25.2 Å². The van der Waals surface area contributed by atoms with E-state index in [0.717, 1.165) is 50.9 Å². The maximum atomic E-state index is 12.4. The monoisotopic (exact) mass is 424 g/mol. The SMILES string of the molecule is CC(C)CCCCCCCCOC(=O)C1CCCC(C(=O)OCCCCC(C)C)C1. The molecule has 0 aromatic rings. The van der Waals surface area contributed by atoms with Crippen LogP contribution >= 0.6 is 0 Å². The first-order chi connectivity index (χ1) is 14.4. The molecule has 1 aliphatic carbocycles. The average Bonchev–Trinajstić information content (AvgIpc) is 2.71. The normalized spacial score (nSPS) is 19.3. The average molecular weight is 425 g/mol. The van der Waals surface area contributed by atoms with Crippen molar-refractivity contribution < 1.29 is 19.1 Å². The maximum Gasteiger partial charge on any atom is 0.308 e. The summed E-state index contributed by atoms with van der Waals surface area (Å²) in [5, 5.41) is 0. The molecule has 0 spiro atoms. The number of carbonyl (C=O) groups is 2. The first-order valence-electron chi connectivity index (χ1n) is 12.7. The van der Waals surface area contributed by atoms with Gasteiger partial charge in [-0.3, -0.25) is 9.59 Å². The zero-order valence-corrected chi connectivity index (χ0v) is 20.3. The third kappa shape index (κ3) is 13.3. The van der Waals surface area contributed by atoms with Crippen LogP contribution in [-0.2, 0) is 19.1 Å². The molecule has 2 unspecified atom stereocenters. The van der Waals surface area contributed by atoms with Gasteiger partial charge in [-0.15, -0.1) is 0 Å². The van der Waals surface area contributed by atoms with Crippen molar-refractivity contribution in [3.8, 4) is 0 Å². The number of rotatable bonds is 16. The Hall–Kier alpha value is -1.06. The van der Waals surface area contributed by atoms with E-state index < -0.39 is 0 Å². The second-order valence-corrected chi connectivity index (χ2v) is 10.1. The van der Waals surface area contributed by atoms with Crippen LogP contribution in [0.3, 0.4) is 0 Å². The first kappa shape index (κ1) is 27.0. The molecular formula is C26H48O4. The van der Waals surface area contributed by atoms with Gasteiger partial charge in [0.25, 0.3) is 0 Å². The van der Waals surface area contributed by atoms with E-state index in [2.05, 4.69) is 27.7 Å². The Balaban J connectivity index is 2.10. The molecule has 2 atom stereocenters. The van der Waals surface area contributed by atoms with E-state index in [4.69, 9.17) is 9.47 Å². The molecule has 0 aromatic heterocycles. The van der Waals surface area contributed by atoms with Crippen LogP contribution < -0.4 is 0 Å². The third-order valence-electron chi connectivity index (χ3n) is 6.18. The zero-order chi connectivity index (χ0) is 22.2. The van der Waals surface area contributed by atoms with Crippen LogP contribution in [0.15, 0.2) is 0 Å². The molecule has 4 heteroatoms. The van der Waals surface area contributed by atoms with E-state index in [-0.39, 0.29) is 23.8 Å². The second kappa shape index (κ2) is 16.6. The summed E-state index contributed by atoms with van der Waals surface area (Å²) in [4.78, 5) is 24.7. The molecule has 1 fully saturated rings. The number of hydrogen-bond donors (Lipinski definition) is 0. The van der Waals surface area contributed by atoms with Gasteiger partial charge in [0, 0.05) is 0 Å². The number of esters is 2. The smallest absolute Gasteiger partial charge is 0.308 e. The quantitative estimate of drug-likeness (QED) is 0.196. The molecule has 30 heavy (non-hydrogen) atoms. The number of hydrogen-bond acceptors (Lipinski definition) is 4. The number of unbranched alkanes of at least 4 members (excludes halogenated alkanes) is 6. The Morgan fingerprint density at radius 2 is 1.07 bits per heavy atom. The van der Waals surface area contributed by atoms with E-state index in [0.29, 0.717) is 25.6 Å². The summed E-state index contributed by atoms with van der Waals surface area (Å²) < 4.78 is 11.0. The first-order valence-corrected chi connectivity index (χ1v) is 12.7. The third-order valence-corrected chi connectivity index (χ3v) is 6.18. The summed E-state index contributed by atoms with van der Waals surface area (Å²) in [6.45, 7) is 10.0. The maximum absolute atomic E-state index is 12.4. The van der Waals surface area contributed by atoms with E-state index in [9.17, 15) is 9.59 Å². The standard InChI is InChI=1S/C26H48O4/c1-21(2)14-9-7-5-6-8-11-18-29-25(27)23-16-13-17-24(20-23)26(28)30-19-12-10-15-22(3)4/h21-24H,5-20H2,1-4H3. The largest absolute Gasteiger partial charge is 0.465 e. The minimum atomic E-state index is -0.132. The van der Waals surface area contributed by atoms with Crippen LogP contribution in [0.1, 0.15) is 118 Å². The predicted molar refractivity (Wildman–Crippen MR) is 123 cm³/mol. The highest BCUT2D eigenvalue weighted by Crippen LogP contribution is 2.31. The number of carbonyl (C=O) groups excluding carboxylic acids is 2. The minimum absolute atomic E-state index is 0.110. The molecule has 0 bridgehead atoms. The van der Waals surface area contributed by atoms with E-state index >= 15 is 0 Å². The lowest BCUT2D eigenvalue weighted by molar-refractivity contribution is -0.155. The zero-order valence-electron chi connectivity index (χ0n) is 20.3. The van der Waals surface area contributed by atoms with Crippen LogP contribution in [0, 0.1) is 23.7 Å². The molecule has 0 amide bonds.